The number of anilines is 1. The molecule has 0 aliphatic carbocycles. The van der Waals surface area contributed by atoms with Crippen molar-refractivity contribution in [3.8, 4) is 0 Å². The van der Waals surface area contributed by atoms with Crippen molar-refractivity contribution in [2.75, 3.05) is 5.09 Å². The van der Waals surface area contributed by atoms with Crippen molar-refractivity contribution in [2.45, 2.75) is 13.3 Å². The van der Waals surface area contributed by atoms with Crippen LogP contribution in [0.15, 0.2) is 60.7 Å². The maximum atomic E-state index is 11.2. The molecule has 0 heterocycles. The fourth-order valence-electron chi connectivity index (χ4n) is 3.48. The van der Waals surface area contributed by atoms with E-state index in [1.165, 1.54) is 6.21 Å². The minimum atomic E-state index is 0.509. The predicted molar refractivity (Wildman–Crippen MR) is 145 cm³/mol. The molecule has 1 unspecified atom stereocenters. The summed E-state index contributed by atoms with van der Waals surface area (Å²) in [7, 11) is 0. The molecule has 31 heavy (non-hydrogen) atoms. The number of benzene rings is 3. The van der Waals surface area contributed by atoms with Gasteiger partial charge in [0.2, 0.25) is 0 Å². The maximum Gasteiger partial charge on any atom is 0.150 e. The lowest BCUT2D eigenvalue weighted by molar-refractivity contribution is 0.112. The summed E-state index contributed by atoms with van der Waals surface area (Å²) in [4.78, 5) is 11.2. The summed E-state index contributed by atoms with van der Waals surface area (Å²) >= 11 is 15.0. The third-order valence-corrected chi connectivity index (χ3v) is 6.65. The second kappa shape index (κ2) is 11.2. The van der Waals surface area contributed by atoms with Crippen LogP contribution in [-0.2, 0) is 0 Å². The van der Waals surface area contributed by atoms with Gasteiger partial charge in [0.1, 0.15) is 6.29 Å². The smallest absolute Gasteiger partial charge is 0.150 e. The first kappa shape index (κ1) is 23.9. The highest BCUT2D eigenvalue weighted by Crippen LogP contribution is 2.39. The molecule has 0 spiro atoms. The molecule has 158 valence electrons. The number of carbonyl (C=O) groups is 1. The van der Waals surface area contributed by atoms with E-state index in [0.29, 0.717) is 22.0 Å². The lowest BCUT2D eigenvalue weighted by Crippen LogP contribution is -1.99. The van der Waals surface area contributed by atoms with Gasteiger partial charge in [-0.3, -0.25) is 4.79 Å². The molecule has 3 rings (SSSR count). The van der Waals surface area contributed by atoms with Crippen LogP contribution in [0.2, 0.25) is 10.0 Å². The van der Waals surface area contributed by atoms with Crippen LogP contribution in [0.4, 0.5) is 5.69 Å². The second-order valence-corrected chi connectivity index (χ2v) is 9.64. The molecular formula is C24H20Cl2IN2OP. The van der Waals surface area contributed by atoms with Crippen molar-refractivity contribution in [3.63, 3.8) is 0 Å². The zero-order valence-electron chi connectivity index (χ0n) is 16.7. The van der Waals surface area contributed by atoms with E-state index in [2.05, 4.69) is 40.1 Å². The summed E-state index contributed by atoms with van der Waals surface area (Å²) in [6.07, 6.45) is 3.44. The molecule has 0 aliphatic heterocycles. The van der Waals surface area contributed by atoms with Gasteiger partial charge in [0, 0.05) is 39.4 Å². The van der Waals surface area contributed by atoms with Gasteiger partial charge in [-0.25, -0.2) is 0 Å². The number of hydrogen-bond donors (Lipinski definition) is 2. The number of rotatable bonds is 8. The van der Waals surface area contributed by atoms with Crippen molar-refractivity contribution in [1.82, 2.24) is 0 Å². The number of nitrogens with one attached hydrogen (secondary N) is 2. The fourth-order valence-corrected chi connectivity index (χ4v) is 5.21. The minimum absolute atomic E-state index is 0.509. The van der Waals surface area contributed by atoms with Gasteiger partial charge in [-0.05, 0) is 80.6 Å². The summed E-state index contributed by atoms with van der Waals surface area (Å²) < 4.78 is 0. The first-order chi connectivity index (χ1) is 15.0. The van der Waals surface area contributed by atoms with Gasteiger partial charge >= 0.3 is 0 Å². The molecule has 3 aromatic carbocycles. The molecule has 1 atom stereocenters. The van der Waals surface area contributed by atoms with Gasteiger partial charge < -0.3 is 10.5 Å². The van der Waals surface area contributed by atoms with E-state index in [-0.39, 0.29) is 0 Å². The van der Waals surface area contributed by atoms with Crippen LogP contribution in [-0.4, -0.2) is 12.5 Å². The Morgan fingerprint density at radius 2 is 1.77 bits per heavy atom. The molecule has 0 fully saturated rings. The van der Waals surface area contributed by atoms with Gasteiger partial charge in [0.15, 0.2) is 0 Å². The lowest BCUT2D eigenvalue weighted by Gasteiger charge is -2.19. The summed E-state index contributed by atoms with van der Waals surface area (Å²) in [5.74, 6) is 0. The van der Waals surface area contributed by atoms with Gasteiger partial charge in [-0.2, -0.15) is 0 Å². The second-order valence-electron chi connectivity index (χ2n) is 6.74. The first-order valence-electron chi connectivity index (χ1n) is 9.53. The van der Waals surface area contributed by atoms with E-state index >= 15 is 0 Å². The minimum Gasteiger partial charge on any atom is -0.358 e. The van der Waals surface area contributed by atoms with Crippen molar-refractivity contribution in [1.29, 1.82) is 5.41 Å². The molecule has 0 radical (unpaired) electrons. The third kappa shape index (κ3) is 5.56. The molecule has 0 aliphatic rings. The average Bonchev–Trinajstić information content (AvgIpc) is 2.79. The predicted octanol–water partition coefficient (Wildman–Crippen LogP) is 8.53. The van der Waals surface area contributed by atoms with E-state index in [1.807, 2.05) is 48.5 Å². The number of halogens is 3. The van der Waals surface area contributed by atoms with E-state index in [4.69, 9.17) is 28.6 Å². The summed E-state index contributed by atoms with van der Waals surface area (Å²) in [6, 6.07) is 19.1. The van der Waals surface area contributed by atoms with Crippen LogP contribution in [0, 0.1) is 5.41 Å². The number of hydrogen-bond acceptors (Lipinski definition) is 3. The Morgan fingerprint density at radius 1 is 1.06 bits per heavy atom. The molecule has 3 nitrogen and oxygen atoms in total. The Kier molecular flexibility index (Phi) is 8.67. The number of aldehydes is 1. The molecule has 7 heteroatoms. The van der Waals surface area contributed by atoms with Crippen LogP contribution in [0.1, 0.15) is 46.0 Å². The van der Waals surface area contributed by atoms with Gasteiger partial charge in [0.05, 0.1) is 0 Å². The van der Waals surface area contributed by atoms with Crippen LogP contribution in [0.5, 0.6) is 0 Å². The quantitative estimate of drug-likeness (QED) is 0.0922. The number of allylic oxidation sites excluding steroid dienone is 1. The molecule has 2 N–H and O–H groups in total. The molecule has 3 aromatic rings. The molecule has 0 aromatic heterocycles. The Morgan fingerprint density at radius 3 is 2.35 bits per heavy atom. The van der Waals surface area contributed by atoms with Crippen molar-refractivity contribution in [2.24, 2.45) is 0 Å². The monoisotopic (exact) mass is 580 g/mol. The standard InChI is InChI=1S/C24H20Cl2IN2OP/c1-2-20(21-9-8-19(25)12-22(21)26)24(16-5-3-15(14-30)4-6-16)17-7-10-23(29-31-27)18(11-17)13-28/h3-14,28-29,31H,2H2,1H3/b24-20+,28-13?. The van der Waals surface area contributed by atoms with Crippen molar-refractivity contribution < 1.29 is 4.79 Å². The third-order valence-electron chi connectivity index (χ3n) is 4.92. The van der Waals surface area contributed by atoms with Crippen LogP contribution in [0.3, 0.4) is 0 Å². The van der Waals surface area contributed by atoms with Crippen LogP contribution >= 0.6 is 51.6 Å². The molecule has 0 amide bonds. The number of carbonyl (C=O) groups excluding carboxylic acids is 1. The van der Waals surface area contributed by atoms with Crippen LogP contribution in [0.25, 0.3) is 11.1 Å². The Labute approximate surface area is 207 Å². The molecule has 0 bridgehead atoms. The van der Waals surface area contributed by atoms with E-state index in [1.54, 1.807) is 6.07 Å². The summed E-state index contributed by atoms with van der Waals surface area (Å²) in [5, 5.41) is 12.4. The summed E-state index contributed by atoms with van der Waals surface area (Å²) in [5.41, 5.74) is 7.28. The Hall–Kier alpha value is -1.72. The van der Waals surface area contributed by atoms with E-state index < -0.39 is 0 Å². The Balaban J connectivity index is 2.32. The van der Waals surface area contributed by atoms with Crippen LogP contribution < -0.4 is 5.09 Å². The zero-order chi connectivity index (χ0) is 22.4. The summed E-state index contributed by atoms with van der Waals surface area (Å²) in [6.45, 7) is 2.09. The molecular weight excluding hydrogens is 561 g/mol. The van der Waals surface area contributed by atoms with E-state index in [0.717, 1.165) is 51.8 Å². The highest BCUT2D eigenvalue weighted by Gasteiger charge is 2.17. The van der Waals surface area contributed by atoms with E-state index in [9.17, 15) is 4.79 Å². The van der Waals surface area contributed by atoms with Gasteiger partial charge in [-0.1, -0.05) is 66.5 Å². The van der Waals surface area contributed by atoms with Gasteiger partial charge in [-0.15, -0.1) is 0 Å². The highest BCUT2D eigenvalue weighted by molar-refractivity contribution is 14.2. The SMILES string of the molecule is CC/C(=C(/c1ccc(C=O)cc1)c1ccc(NPI)c(C=N)c1)c1ccc(Cl)cc1Cl. The average molecular weight is 581 g/mol. The van der Waals surface area contributed by atoms with Crippen molar-refractivity contribution >= 4 is 81.0 Å². The van der Waals surface area contributed by atoms with Crippen molar-refractivity contribution in [3.05, 3.63) is 98.5 Å². The topological polar surface area (TPSA) is 53.0 Å². The molecule has 0 saturated heterocycles. The zero-order valence-corrected chi connectivity index (χ0v) is 21.3. The fraction of sp³-hybridized carbons (Fsp3) is 0.0833. The molecule has 0 saturated carbocycles. The lowest BCUT2D eigenvalue weighted by atomic mass is 9.87. The van der Waals surface area contributed by atoms with Gasteiger partial charge in [0.25, 0.3) is 0 Å². The largest absolute Gasteiger partial charge is 0.358 e. The normalized spacial score (nSPS) is 12.0. The first-order valence-corrected chi connectivity index (χ1v) is 14.4. The maximum absolute atomic E-state index is 11.2. The highest BCUT2D eigenvalue weighted by atomic mass is 127. The Bertz CT molecular complexity index is 1150.